The molecule has 1 unspecified atom stereocenters. The minimum absolute atomic E-state index is 0.104. The van der Waals surface area contributed by atoms with Gasteiger partial charge in [-0.25, -0.2) is 9.37 Å². The van der Waals surface area contributed by atoms with E-state index in [0.717, 1.165) is 17.7 Å². The van der Waals surface area contributed by atoms with Crippen molar-refractivity contribution < 1.29 is 13.6 Å². The number of rotatable bonds is 5. The van der Waals surface area contributed by atoms with E-state index in [4.69, 9.17) is 4.42 Å². The number of hydrogen-bond acceptors (Lipinski definition) is 5. The molecule has 27 heavy (non-hydrogen) atoms. The summed E-state index contributed by atoms with van der Waals surface area (Å²) < 4.78 is 19.2. The monoisotopic (exact) mass is 370 g/mol. The van der Waals surface area contributed by atoms with Crippen LogP contribution in [0.15, 0.2) is 22.6 Å². The molecule has 1 aromatic heterocycles. The van der Waals surface area contributed by atoms with Crippen molar-refractivity contribution in [3.05, 3.63) is 41.0 Å². The molecule has 0 radical (unpaired) electrons. The molecule has 142 valence electrons. The first-order valence-corrected chi connectivity index (χ1v) is 9.03. The van der Waals surface area contributed by atoms with Crippen LogP contribution >= 0.6 is 0 Å². The SMILES string of the molecule is CC(=O)N1CCCC1(C#N)NCCc1nc(-c2ccc(F)c(C)c2)oc1C. The normalized spacial score (nSPS) is 19.3. The molecule has 3 rings (SSSR count). The largest absolute Gasteiger partial charge is 0.441 e. The number of amides is 1. The van der Waals surface area contributed by atoms with Crippen LogP contribution in [-0.2, 0) is 11.2 Å². The first-order valence-electron chi connectivity index (χ1n) is 9.03. The standard InChI is InChI=1S/C20H23FN4O2/c1-13-11-16(5-6-17(13)21)19-24-18(14(2)27-19)7-9-23-20(12-22)8-4-10-25(20)15(3)26/h5-6,11,23H,4,7-10H2,1-3H3. The second kappa shape index (κ2) is 7.49. The van der Waals surface area contributed by atoms with Gasteiger partial charge in [0, 0.05) is 32.0 Å². The second-order valence-electron chi connectivity index (χ2n) is 6.91. The molecule has 2 aromatic rings. The van der Waals surface area contributed by atoms with E-state index in [9.17, 15) is 14.4 Å². The number of hydrogen-bond donors (Lipinski definition) is 1. The maximum absolute atomic E-state index is 13.5. The number of likely N-dealkylation sites (tertiary alicyclic amines) is 1. The fourth-order valence-corrected chi connectivity index (χ4v) is 3.53. The Kier molecular flexibility index (Phi) is 5.29. The third kappa shape index (κ3) is 3.71. The van der Waals surface area contributed by atoms with Gasteiger partial charge in [0.2, 0.25) is 11.8 Å². The summed E-state index contributed by atoms with van der Waals surface area (Å²) in [4.78, 5) is 17.9. The van der Waals surface area contributed by atoms with Crippen LogP contribution in [0.3, 0.4) is 0 Å². The number of carbonyl (C=O) groups excluding carboxylic acids is 1. The molecule has 7 heteroatoms. The molecule has 0 saturated carbocycles. The van der Waals surface area contributed by atoms with Gasteiger partial charge in [-0.3, -0.25) is 10.1 Å². The number of nitriles is 1. The van der Waals surface area contributed by atoms with Crippen molar-refractivity contribution in [2.45, 2.75) is 45.7 Å². The summed E-state index contributed by atoms with van der Waals surface area (Å²) in [5.74, 6) is 0.773. The van der Waals surface area contributed by atoms with Crippen molar-refractivity contribution in [1.29, 1.82) is 5.26 Å². The molecule has 1 N–H and O–H groups in total. The van der Waals surface area contributed by atoms with Gasteiger partial charge >= 0.3 is 0 Å². The van der Waals surface area contributed by atoms with Gasteiger partial charge in [-0.15, -0.1) is 0 Å². The average molecular weight is 370 g/mol. The van der Waals surface area contributed by atoms with Crippen LogP contribution in [0.1, 0.15) is 36.8 Å². The number of benzene rings is 1. The Labute approximate surface area is 158 Å². The van der Waals surface area contributed by atoms with E-state index in [2.05, 4.69) is 16.4 Å². The zero-order valence-electron chi connectivity index (χ0n) is 15.8. The Morgan fingerprint density at radius 2 is 2.26 bits per heavy atom. The Bertz CT molecular complexity index is 902. The number of nitrogens with one attached hydrogen (secondary N) is 1. The highest BCUT2D eigenvalue weighted by molar-refractivity contribution is 5.75. The molecule has 1 saturated heterocycles. The van der Waals surface area contributed by atoms with Crippen molar-refractivity contribution in [3.8, 4) is 17.5 Å². The van der Waals surface area contributed by atoms with Crippen LogP contribution in [0.5, 0.6) is 0 Å². The minimum atomic E-state index is -0.944. The van der Waals surface area contributed by atoms with Crippen molar-refractivity contribution in [1.82, 2.24) is 15.2 Å². The van der Waals surface area contributed by atoms with Crippen LogP contribution in [0.25, 0.3) is 11.5 Å². The van der Waals surface area contributed by atoms with Crippen molar-refractivity contribution in [2.24, 2.45) is 0 Å². The molecule has 0 bridgehead atoms. The van der Waals surface area contributed by atoms with Gasteiger partial charge in [0.15, 0.2) is 5.66 Å². The van der Waals surface area contributed by atoms with Gasteiger partial charge < -0.3 is 9.32 Å². The molecule has 1 fully saturated rings. The van der Waals surface area contributed by atoms with E-state index in [0.29, 0.717) is 43.1 Å². The summed E-state index contributed by atoms with van der Waals surface area (Å²) >= 11 is 0. The summed E-state index contributed by atoms with van der Waals surface area (Å²) in [7, 11) is 0. The summed E-state index contributed by atoms with van der Waals surface area (Å²) in [5.41, 5.74) is 1.09. The van der Waals surface area contributed by atoms with Gasteiger partial charge in [-0.2, -0.15) is 5.26 Å². The van der Waals surface area contributed by atoms with Crippen LogP contribution in [0.2, 0.25) is 0 Å². The Balaban J connectivity index is 1.70. The van der Waals surface area contributed by atoms with E-state index >= 15 is 0 Å². The lowest BCUT2D eigenvalue weighted by atomic mass is 10.1. The predicted molar refractivity (Wildman–Crippen MR) is 98.0 cm³/mol. The number of aromatic nitrogens is 1. The zero-order valence-corrected chi connectivity index (χ0v) is 15.8. The number of halogens is 1. The quantitative estimate of drug-likeness (QED) is 0.875. The average Bonchev–Trinajstić information content (AvgIpc) is 3.22. The predicted octanol–water partition coefficient (Wildman–Crippen LogP) is 3.09. The van der Waals surface area contributed by atoms with Crippen molar-refractivity contribution >= 4 is 5.91 Å². The summed E-state index contributed by atoms with van der Waals surface area (Å²) in [6.45, 7) is 6.10. The molecule has 6 nitrogen and oxygen atoms in total. The number of carbonyl (C=O) groups is 1. The van der Waals surface area contributed by atoms with E-state index < -0.39 is 5.66 Å². The molecule has 1 aliphatic heterocycles. The van der Waals surface area contributed by atoms with Gasteiger partial charge in [0.25, 0.3) is 0 Å². The Hall–Kier alpha value is -2.72. The Morgan fingerprint density at radius 1 is 1.48 bits per heavy atom. The van der Waals surface area contributed by atoms with Gasteiger partial charge in [0.1, 0.15) is 17.6 Å². The lowest BCUT2D eigenvalue weighted by Crippen LogP contribution is -2.56. The maximum atomic E-state index is 13.5. The number of aryl methyl sites for hydroxylation is 2. The zero-order chi connectivity index (χ0) is 19.6. The topological polar surface area (TPSA) is 82.2 Å². The molecular formula is C20H23FN4O2. The van der Waals surface area contributed by atoms with Crippen LogP contribution in [-0.4, -0.2) is 34.5 Å². The molecule has 0 aliphatic carbocycles. The second-order valence-corrected chi connectivity index (χ2v) is 6.91. The molecule has 0 spiro atoms. The lowest BCUT2D eigenvalue weighted by Gasteiger charge is -2.32. The van der Waals surface area contributed by atoms with E-state index in [1.807, 2.05) is 6.92 Å². The number of oxazole rings is 1. The number of nitrogens with zero attached hydrogens (tertiary/aromatic N) is 3. The molecule has 1 aliphatic rings. The van der Waals surface area contributed by atoms with Crippen LogP contribution in [0, 0.1) is 31.0 Å². The third-order valence-electron chi connectivity index (χ3n) is 5.02. The summed E-state index contributed by atoms with van der Waals surface area (Å²) in [5, 5.41) is 12.8. The fraction of sp³-hybridized carbons (Fsp3) is 0.450. The van der Waals surface area contributed by atoms with E-state index in [1.54, 1.807) is 24.0 Å². The highest BCUT2D eigenvalue weighted by Gasteiger charge is 2.42. The molecule has 2 heterocycles. The third-order valence-corrected chi connectivity index (χ3v) is 5.02. The van der Waals surface area contributed by atoms with E-state index in [1.165, 1.54) is 13.0 Å². The molecule has 1 amide bonds. The van der Waals surface area contributed by atoms with Crippen molar-refractivity contribution in [3.63, 3.8) is 0 Å². The molecule has 1 atom stereocenters. The first kappa shape index (κ1) is 19.1. The van der Waals surface area contributed by atoms with E-state index in [-0.39, 0.29) is 11.7 Å². The lowest BCUT2D eigenvalue weighted by molar-refractivity contribution is -0.132. The molecule has 1 aromatic carbocycles. The van der Waals surface area contributed by atoms with Gasteiger partial charge in [0.05, 0.1) is 5.69 Å². The Morgan fingerprint density at radius 3 is 2.93 bits per heavy atom. The first-order chi connectivity index (χ1) is 12.9. The van der Waals surface area contributed by atoms with Gasteiger partial charge in [-0.05, 0) is 50.5 Å². The van der Waals surface area contributed by atoms with Gasteiger partial charge in [-0.1, -0.05) is 0 Å². The van der Waals surface area contributed by atoms with Crippen LogP contribution < -0.4 is 5.32 Å². The van der Waals surface area contributed by atoms with Crippen molar-refractivity contribution in [2.75, 3.05) is 13.1 Å². The van der Waals surface area contributed by atoms with Crippen LogP contribution in [0.4, 0.5) is 4.39 Å². The highest BCUT2D eigenvalue weighted by atomic mass is 19.1. The summed E-state index contributed by atoms with van der Waals surface area (Å²) in [6, 6.07) is 7.02. The fourth-order valence-electron chi connectivity index (χ4n) is 3.53. The minimum Gasteiger partial charge on any atom is -0.441 e. The summed E-state index contributed by atoms with van der Waals surface area (Å²) in [6.07, 6.45) is 1.98. The maximum Gasteiger partial charge on any atom is 0.226 e. The smallest absolute Gasteiger partial charge is 0.226 e. The highest BCUT2D eigenvalue weighted by Crippen LogP contribution is 2.27. The molecular weight excluding hydrogens is 347 g/mol.